The summed E-state index contributed by atoms with van der Waals surface area (Å²) in [5, 5.41) is 7.04. The predicted molar refractivity (Wildman–Crippen MR) is 79.5 cm³/mol. The van der Waals surface area contributed by atoms with Gasteiger partial charge in [-0.15, -0.1) is 0 Å². The fourth-order valence-electron chi connectivity index (χ4n) is 2.71. The highest BCUT2D eigenvalue weighted by atomic mass is 15.4. The van der Waals surface area contributed by atoms with Crippen molar-refractivity contribution in [2.45, 2.75) is 25.7 Å². The summed E-state index contributed by atoms with van der Waals surface area (Å²) in [4.78, 5) is 19.3. The zero-order valence-electron chi connectivity index (χ0n) is 12.4. The standard InChI is InChI=1S/C13H20N8/c1-14-11-17-12(20(2)7-10-5-3-4-6-10)19-13(18-11)21-9-15-8-16-21/h8-10H,3-7H2,1-2H3,(H,14,17,18,19). The Balaban J connectivity index is 1.84. The van der Waals surface area contributed by atoms with Gasteiger partial charge in [0.05, 0.1) is 0 Å². The Morgan fingerprint density at radius 2 is 2.10 bits per heavy atom. The van der Waals surface area contributed by atoms with E-state index in [1.807, 2.05) is 7.05 Å². The minimum Gasteiger partial charge on any atom is -0.357 e. The molecule has 1 fully saturated rings. The molecule has 112 valence electrons. The number of aromatic nitrogens is 6. The van der Waals surface area contributed by atoms with Gasteiger partial charge in [0.25, 0.3) is 5.95 Å². The van der Waals surface area contributed by atoms with Crippen LogP contribution in [0.5, 0.6) is 0 Å². The van der Waals surface area contributed by atoms with Gasteiger partial charge in [0.1, 0.15) is 12.7 Å². The van der Waals surface area contributed by atoms with E-state index in [1.165, 1.54) is 36.7 Å². The number of nitrogens with zero attached hydrogens (tertiary/aromatic N) is 7. The molecule has 2 heterocycles. The Labute approximate surface area is 123 Å². The molecule has 21 heavy (non-hydrogen) atoms. The lowest BCUT2D eigenvalue weighted by molar-refractivity contribution is 0.542. The number of hydrogen-bond donors (Lipinski definition) is 1. The number of nitrogens with one attached hydrogen (secondary N) is 1. The van der Waals surface area contributed by atoms with Gasteiger partial charge in [-0.3, -0.25) is 0 Å². The quantitative estimate of drug-likeness (QED) is 0.882. The van der Waals surface area contributed by atoms with Crippen LogP contribution in [0.25, 0.3) is 5.95 Å². The summed E-state index contributed by atoms with van der Waals surface area (Å²) in [5.74, 6) is 2.40. The van der Waals surface area contributed by atoms with E-state index in [1.54, 1.807) is 13.4 Å². The van der Waals surface area contributed by atoms with Gasteiger partial charge in [-0.1, -0.05) is 12.8 Å². The van der Waals surface area contributed by atoms with E-state index in [0.29, 0.717) is 17.8 Å². The third-order valence-electron chi connectivity index (χ3n) is 3.81. The molecular formula is C13H20N8. The SMILES string of the molecule is CNc1nc(N(C)CC2CCCC2)nc(-n2cncn2)n1. The van der Waals surface area contributed by atoms with E-state index in [9.17, 15) is 0 Å². The Morgan fingerprint density at radius 3 is 2.76 bits per heavy atom. The Hall–Kier alpha value is -2.25. The average Bonchev–Trinajstić information content (AvgIpc) is 3.20. The zero-order valence-corrected chi connectivity index (χ0v) is 12.4. The molecule has 2 aromatic rings. The first-order chi connectivity index (χ1) is 10.3. The van der Waals surface area contributed by atoms with Crippen LogP contribution in [0.15, 0.2) is 12.7 Å². The van der Waals surface area contributed by atoms with E-state index < -0.39 is 0 Å². The highest BCUT2D eigenvalue weighted by Crippen LogP contribution is 2.26. The minimum absolute atomic E-state index is 0.472. The molecular weight excluding hydrogens is 268 g/mol. The lowest BCUT2D eigenvalue weighted by Crippen LogP contribution is -2.27. The maximum Gasteiger partial charge on any atom is 0.258 e. The lowest BCUT2D eigenvalue weighted by Gasteiger charge is -2.21. The maximum atomic E-state index is 4.49. The van der Waals surface area contributed by atoms with Crippen molar-refractivity contribution in [3.8, 4) is 5.95 Å². The second-order valence-electron chi connectivity index (χ2n) is 5.38. The molecule has 0 aliphatic heterocycles. The molecule has 0 saturated heterocycles. The molecule has 2 aromatic heterocycles. The smallest absolute Gasteiger partial charge is 0.258 e. The fourth-order valence-corrected chi connectivity index (χ4v) is 2.71. The molecule has 0 bridgehead atoms. The molecule has 1 aliphatic rings. The molecule has 0 atom stereocenters. The molecule has 0 unspecified atom stereocenters. The van der Waals surface area contributed by atoms with Crippen LogP contribution in [0, 0.1) is 5.92 Å². The van der Waals surface area contributed by atoms with E-state index >= 15 is 0 Å². The van der Waals surface area contributed by atoms with Crippen molar-refractivity contribution in [2.75, 3.05) is 30.9 Å². The van der Waals surface area contributed by atoms with Crippen molar-refractivity contribution in [3.63, 3.8) is 0 Å². The summed E-state index contributed by atoms with van der Waals surface area (Å²) in [6, 6.07) is 0. The summed E-state index contributed by atoms with van der Waals surface area (Å²) in [6.45, 7) is 0.976. The van der Waals surface area contributed by atoms with Crippen LogP contribution in [0.4, 0.5) is 11.9 Å². The van der Waals surface area contributed by atoms with E-state index in [0.717, 1.165) is 12.5 Å². The Bertz CT molecular complexity index is 576. The third kappa shape index (κ3) is 3.09. The van der Waals surface area contributed by atoms with Crippen LogP contribution in [0.2, 0.25) is 0 Å². The van der Waals surface area contributed by atoms with Crippen molar-refractivity contribution in [1.29, 1.82) is 0 Å². The third-order valence-corrected chi connectivity index (χ3v) is 3.81. The van der Waals surface area contributed by atoms with E-state index in [-0.39, 0.29) is 0 Å². The van der Waals surface area contributed by atoms with Crippen LogP contribution >= 0.6 is 0 Å². The summed E-state index contributed by atoms with van der Waals surface area (Å²) >= 11 is 0. The van der Waals surface area contributed by atoms with Crippen LogP contribution < -0.4 is 10.2 Å². The largest absolute Gasteiger partial charge is 0.357 e. The normalized spacial score (nSPS) is 15.3. The second-order valence-corrected chi connectivity index (χ2v) is 5.38. The van der Waals surface area contributed by atoms with Crippen molar-refractivity contribution < 1.29 is 0 Å². The summed E-state index contributed by atoms with van der Waals surface area (Å²) < 4.78 is 1.54. The number of anilines is 2. The fraction of sp³-hybridized carbons (Fsp3) is 0.615. The molecule has 8 heteroatoms. The molecule has 0 aromatic carbocycles. The average molecular weight is 288 g/mol. The van der Waals surface area contributed by atoms with Gasteiger partial charge in [-0.05, 0) is 18.8 Å². The van der Waals surface area contributed by atoms with Gasteiger partial charge in [-0.25, -0.2) is 4.98 Å². The number of rotatable bonds is 5. The molecule has 0 radical (unpaired) electrons. The topological polar surface area (TPSA) is 84.7 Å². The van der Waals surface area contributed by atoms with Crippen LogP contribution in [0.3, 0.4) is 0 Å². The summed E-state index contributed by atoms with van der Waals surface area (Å²) in [6.07, 6.45) is 8.30. The summed E-state index contributed by atoms with van der Waals surface area (Å²) in [7, 11) is 3.82. The van der Waals surface area contributed by atoms with Gasteiger partial charge in [-0.2, -0.15) is 24.7 Å². The monoisotopic (exact) mass is 288 g/mol. The molecule has 0 spiro atoms. The Morgan fingerprint density at radius 1 is 1.29 bits per heavy atom. The first kappa shape index (κ1) is 13.7. The highest BCUT2D eigenvalue weighted by molar-refractivity contribution is 5.39. The van der Waals surface area contributed by atoms with Crippen molar-refractivity contribution in [1.82, 2.24) is 29.7 Å². The van der Waals surface area contributed by atoms with Gasteiger partial charge < -0.3 is 10.2 Å². The maximum absolute atomic E-state index is 4.49. The summed E-state index contributed by atoms with van der Waals surface area (Å²) in [5.41, 5.74) is 0. The molecule has 1 saturated carbocycles. The van der Waals surface area contributed by atoms with Crippen molar-refractivity contribution in [3.05, 3.63) is 12.7 Å². The zero-order chi connectivity index (χ0) is 14.7. The molecule has 0 amide bonds. The first-order valence-corrected chi connectivity index (χ1v) is 7.26. The molecule has 3 rings (SSSR count). The van der Waals surface area contributed by atoms with Crippen LogP contribution in [-0.2, 0) is 0 Å². The van der Waals surface area contributed by atoms with Gasteiger partial charge in [0.2, 0.25) is 11.9 Å². The Kier molecular flexibility index (Phi) is 3.94. The minimum atomic E-state index is 0.472. The predicted octanol–water partition coefficient (Wildman–Crippen LogP) is 1.12. The number of hydrogen-bond acceptors (Lipinski definition) is 7. The molecule has 8 nitrogen and oxygen atoms in total. The first-order valence-electron chi connectivity index (χ1n) is 7.26. The lowest BCUT2D eigenvalue weighted by atomic mass is 10.1. The van der Waals surface area contributed by atoms with Gasteiger partial charge in [0.15, 0.2) is 0 Å². The second kappa shape index (κ2) is 6.02. The van der Waals surface area contributed by atoms with Crippen LogP contribution in [-0.4, -0.2) is 50.4 Å². The van der Waals surface area contributed by atoms with Crippen molar-refractivity contribution >= 4 is 11.9 Å². The van der Waals surface area contributed by atoms with E-state index in [4.69, 9.17) is 0 Å². The van der Waals surface area contributed by atoms with Crippen LogP contribution in [0.1, 0.15) is 25.7 Å². The van der Waals surface area contributed by atoms with Crippen molar-refractivity contribution in [2.24, 2.45) is 5.92 Å². The molecule has 1 aliphatic carbocycles. The van der Waals surface area contributed by atoms with Gasteiger partial charge >= 0.3 is 0 Å². The highest BCUT2D eigenvalue weighted by Gasteiger charge is 2.19. The van der Waals surface area contributed by atoms with E-state index in [2.05, 4.69) is 35.3 Å². The van der Waals surface area contributed by atoms with Gasteiger partial charge in [0, 0.05) is 20.6 Å². The molecule has 1 N–H and O–H groups in total.